The summed E-state index contributed by atoms with van der Waals surface area (Å²) in [5.41, 5.74) is 0. The van der Waals surface area contributed by atoms with Crippen LogP contribution in [0.2, 0.25) is 0 Å². The quantitative estimate of drug-likeness (QED) is 0.278. The molecule has 2 rings (SSSR count). The van der Waals surface area contributed by atoms with Crippen LogP contribution in [0.5, 0.6) is 0 Å². The summed E-state index contributed by atoms with van der Waals surface area (Å²) in [6.07, 6.45) is 4.88. The molecular weight excluding hydrogens is 608 g/mol. The Hall–Kier alpha value is 0.260. The highest BCUT2D eigenvalue weighted by Gasteiger charge is 2.34. The fourth-order valence-corrected chi connectivity index (χ4v) is 4.35. The molecule has 0 bridgehead atoms. The number of hydrogen-bond donors (Lipinski definition) is 2. The number of hydrogen-bond acceptors (Lipinski definition) is 6. The summed E-state index contributed by atoms with van der Waals surface area (Å²) in [6, 6.07) is 0. The van der Waals surface area contributed by atoms with Gasteiger partial charge in [0.15, 0.2) is 0 Å². The molecule has 2 aliphatic carbocycles. The highest BCUT2D eigenvalue weighted by atomic mass is 79.9. The van der Waals surface area contributed by atoms with Crippen LogP contribution in [0, 0.1) is 0 Å². The van der Waals surface area contributed by atoms with Gasteiger partial charge < -0.3 is 19.7 Å². The van der Waals surface area contributed by atoms with E-state index in [2.05, 4.69) is 63.7 Å². The number of esters is 2. The zero-order valence-corrected chi connectivity index (χ0v) is 20.3. The van der Waals surface area contributed by atoms with Crippen molar-refractivity contribution in [2.45, 2.75) is 57.6 Å². The van der Waals surface area contributed by atoms with Crippen molar-refractivity contribution in [3.8, 4) is 0 Å². The molecule has 10 heteroatoms. The third-order valence-electron chi connectivity index (χ3n) is 3.49. The molecule has 0 saturated heterocycles. The van der Waals surface area contributed by atoms with Crippen LogP contribution in [-0.2, 0) is 19.1 Å². The number of carbonyl (C=O) groups is 2. The molecule has 0 aromatic carbocycles. The summed E-state index contributed by atoms with van der Waals surface area (Å²) in [5, 5.41) is 18.8. The second-order valence-electron chi connectivity index (χ2n) is 5.68. The van der Waals surface area contributed by atoms with Crippen molar-refractivity contribution in [2.24, 2.45) is 0 Å². The Labute approximate surface area is 185 Å². The maximum atomic E-state index is 10.7. The van der Waals surface area contributed by atoms with Gasteiger partial charge in [-0.1, -0.05) is 75.9 Å². The lowest BCUT2D eigenvalue weighted by molar-refractivity contribution is -0.145. The first-order chi connectivity index (χ1) is 12.0. The van der Waals surface area contributed by atoms with E-state index in [1.807, 2.05) is 0 Å². The van der Waals surface area contributed by atoms with E-state index in [-0.39, 0.29) is 43.5 Å². The number of aliphatic hydroxyl groups is 2. The van der Waals surface area contributed by atoms with E-state index in [1.54, 1.807) is 24.3 Å². The third kappa shape index (κ3) is 7.35. The smallest absolute Gasteiger partial charge is 0.303 e. The van der Waals surface area contributed by atoms with E-state index in [0.717, 1.165) is 0 Å². The Morgan fingerprint density at radius 2 is 1.00 bits per heavy atom. The molecule has 2 N–H and O–H groups in total. The molecule has 2 aliphatic rings. The lowest BCUT2D eigenvalue weighted by Crippen LogP contribution is -2.40. The van der Waals surface area contributed by atoms with Crippen LogP contribution in [0.25, 0.3) is 0 Å². The van der Waals surface area contributed by atoms with Crippen LogP contribution < -0.4 is 0 Å². The first-order valence-corrected chi connectivity index (χ1v) is 11.3. The fraction of sp³-hybridized carbons (Fsp3) is 0.625. The van der Waals surface area contributed by atoms with Gasteiger partial charge in [0.1, 0.15) is 12.2 Å². The van der Waals surface area contributed by atoms with E-state index in [1.165, 1.54) is 13.8 Å². The summed E-state index contributed by atoms with van der Waals surface area (Å²) < 4.78 is 10.0. The van der Waals surface area contributed by atoms with E-state index < -0.39 is 12.2 Å². The van der Waals surface area contributed by atoms with Crippen molar-refractivity contribution < 1.29 is 29.3 Å². The standard InChI is InChI=1S/2C8H10Br2O3/c2*1-4(11)13-6-3-2-5(12)7(9)8(6)10/h2*2-3,5-8,12H,1H3/t2*5-,6-,7+,8+/m00/s1. The van der Waals surface area contributed by atoms with Crippen LogP contribution in [-0.4, -0.2) is 65.9 Å². The molecule has 0 amide bonds. The van der Waals surface area contributed by atoms with Crippen LogP contribution in [0.3, 0.4) is 0 Å². The van der Waals surface area contributed by atoms with Crippen molar-refractivity contribution in [1.82, 2.24) is 0 Å². The summed E-state index contributed by atoms with van der Waals surface area (Å²) >= 11 is 13.3. The van der Waals surface area contributed by atoms with E-state index in [4.69, 9.17) is 9.47 Å². The molecule has 8 atom stereocenters. The van der Waals surface area contributed by atoms with Crippen molar-refractivity contribution >= 4 is 75.7 Å². The molecule has 0 heterocycles. The number of ether oxygens (including phenoxy) is 2. The van der Waals surface area contributed by atoms with Gasteiger partial charge in [-0.25, -0.2) is 0 Å². The molecule has 26 heavy (non-hydrogen) atoms. The highest BCUT2D eigenvalue weighted by molar-refractivity contribution is 9.12. The Morgan fingerprint density at radius 3 is 1.27 bits per heavy atom. The summed E-state index contributed by atoms with van der Waals surface area (Å²) in [5.74, 6) is -0.648. The van der Waals surface area contributed by atoms with Crippen LogP contribution in [0.1, 0.15) is 13.8 Å². The SMILES string of the molecule is CC(=O)O[C@H]1C=C[C@H](O)[C@@H](Br)[C@@H]1Br.CC(=O)O[C@H]1C=C[C@H](O)[C@@H](Br)[C@@H]1Br. The second-order valence-corrected chi connectivity index (χ2v) is 9.91. The number of rotatable bonds is 2. The Morgan fingerprint density at radius 1 is 0.692 bits per heavy atom. The lowest BCUT2D eigenvalue weighted by Gasteiger charge is -2.29. The average molecular weight is 628 g/mol. The topological polar surface area (TPSA) is 93.1 Å². The second kappa shape index (κ2) is 11.3. The van der Waals surface area contributed by atoms with E-state index in [9.17, 15) is 19.8 Å². The van der Waals surface area contributed by atoms with Gasteiger partial charge in [0.25, 0.3) is 0 Å². The predicted molar refractivity (Wildman–Crippen MR) is 112 cm³/mol. The summed E-state index contributed by atoms with van der Waals surface area (Å²) in [6.45, 7) is 2.73. The fourth-order valence-electron chi connectivity index (χ4n) is 2.20. The minimum Gasteiger partial charge on any atom is -0.457 e. The minimum atomic E-state index is -0.545. The average Bonchev–Trinajstić information content (AvgIpc) is 2.56. The maximum absolute atomic E-state index is 10.7. The largest absolute Gasteiger partial charge is 0.457 e. The number of alkyl halides is 4. The van der Waals surface area contributed by atoms with Crippen molar-refractivity contribution in [1.29, 1.82) is 0 Å². The monoisotopic (exact) mass is 624 g/mol. The summed E-state index contributed by atoms with van der Waals surface area (Å²) in [7, 11) is 0. The molecule has 0 radical (unpaired) electrons. The molecule has 0 aliphatic heterocycles. The molecule has 148 valence electrons. The molecule has 6 nitrogen and oxygen atoms in total. The molecular formula is C16H20Br4O6. The Bertz CT molecular complexity index is 507. The van der Waals surface area contributed by atoms with E-state index in [0.29, 0.717) is 0 Å². The molecule has 0 fully saturated rings. The van der Waals surface area contributed by atoms with Gasteiger partial charge in [-0.3, -0.25) is 9.59 Å². The van der Waals surface area contributed by atoms with Crippen molar-refractivity contribution in [2.75, 3.05) is 0 Å². The normalized spacial score (nSPS) is 38.8. The van der Waals surface area contributed by atoms with Gasteiger partial charge in [0.05, 0.1) is 31.5 Å². The Balaban J connectivity index is 0.000000260. The first kappa shape index (κ1) is 24.3. The van der Waals surface area contributed by atoms with Crippen molar-refractivity contribution in [3.05, 3.63) is 24.3 Å². The van der Waals surface area contributed by atoms with Gasteiger partial charge in [-0.05, 0) is 12.2 Å². The molecule has 0 aromatic heterocycles. The highest BCUT2D eigenvalue weighted by Crippen LogP contribution is 2.29. The number of carbonyl (C=O) groups excluding carboxylic acids is 2. The zero-order valence-electron chi connectivity index (χ0n) is 14.0. The van der Waals surface area contributed by atoms with Crippen LogP contribution in [0.4, 0.5) is 0 Å². The predicted octanol–water partition coefficient (Wildman–Crippen LogP) is 2.75. The molecule has 0 unspecified atom stereocenters. The van der Waals surface area contributed by atoms with E-state index >= 15 is 0 Å². The number of halogens is 4. The van der Waals surface area contributed by atoms with Gasteiger partial charge >= 0.3 is 11.9 Å². The van der Waals surface area contributed by atoms with Gasteiger partial charge in [0.2, 0.25) is 0 Å². The summed E-state index contributed by atoms with van der Waals surface area (Å²) in [4.78, 5) is 20.9. The molecule has 0 spiro atoms. The third-order valence-corrected chi connectivity index (χ3v) is 9.31. The molecule has 0 saturated carbocycles. The Kier molecular flexibility index (Phi) is 10.6. The van der Waals surface area contributed by atoms with Crippen molar-refractivity contribution in [3.63, 3.8) is 0 Å². The van der Waals surface area contributed by atoms with Gasteiger partial charge in [-0.15, -0.1) is 0 Å². The first-order valence-electron chi connectivity index (χ1n) is 7.68. The number of aliphatic hydroxyl groups excluding tert-OH is 2. The zero-order chi connectivity index (χ0) is 20.0. The van der Waals surface area contributed by atoms with Gasteiger partial charge in [-0.2, -0.15) is 0 Å². The lowest BCUT2D eigenvalue weighted by atomic mass is 10.0. The van der Waals surface area contributed by atoms with Crippen LogP contribution >= 0.6 is 63.7 Å². The maximum Gasteiger partial charge on any atom is 0.303 e. The van der Waals surface area contributed by atoms with Gasteiger partial charge in [0, 0.05) is 13.8 Å². The van der Waals surface area contributed by atoms with Crippen LogP contribution in [0.15, 0.2) is 24.3 Å². The minimum absolute atomic E-state index is 0.101. The molecule has 0 aromatic rings.